The highest BCUT2D eigenvalue weighted by Crippen LogP contribution is 2.25. The van der Waals surface area contributed by atoms with Crippen molar-refractivity contribution in [1.29, 1.82) is 0 Å². The van der Waals surface area contributed by atoms with Gasteiger partial charge in [-0.15, -0.1) is 0 Å². The number of amides is 3. The Kier molecular flexibility index (Phi) is 8.12. The van der Waals surface area contributed by atoms with Crippen molar-refractivity contribution in [2.45, 2.75) is 45.8 Å². The van der Waals surface area contributed by atoms with Gasteiger partial charge in [-0.25, -0.2) is 4.79 Å². The standard InChI is InChI=1S/C28H33N3O4/c1-6-19-11-13-21(14-12-19)25(31(5)24(32)18-29-27(34)35-28(2,3)4)26(33)30-23-16-15-20-9-7-8-10-22(20)17-23/h7-17,25H,6,18H2,1-5H3,(H,29,34)(H,30,33). The fraction of sp³-hybridized carbons (Fsp3) is 0.321. The van der Waals surface area contributed by atoms with E-state index >= 15 is 0 Å². The average molecular weight is 476 g/mol. The van der Waals surface area contributed by atoms with E-state index in [4.69, 9.17) is 4.74 Å². The number of nitrogens with zero attached hydrogens (tertiary/aromatic N) is 1. The Morgan fingerprint density at radius 3 is 2.23 bits per heavy atom. The fourth-order valence-corrected chi connectivity index (χ4v) is 3.69. The van der Waals surface area contributed by atoms with Crippen molar-refractivity contribution in [2.75, 3.05) is 18.9 Å². The highest BCUT2D eigenvalue weighted by molar-refractivity contribution is 5.99. The smallest absolute Gasteiger partial charge is 0.408 e. The number of fused-ring (bicyclic) bond motifs is 1. The molecule has 7 heteroatoms. The first-order valence-electron chi connectivity index (χ1n) is 11.7. The van der Waals surface area contributed by atoms with E-state index in [0.29, 0.717) is 11.3 Å². The van der Waals surface area contributed by atoms with E-state index < -0.39 is 23.6 Å². The summed E-state index contributed by atoms with van der Waals surface area (Å²) in [5.41, 5.74) is 1.76. The lowest BCUT2D eigenvalue weighted by Gasteiger charge is -2.28. The Bertz CT molecular complexity index is 1200. The molecular formula is C28H33N3O4. The Labute approximate surface area is 206 Å². The van der Waals surface area contributed by atoms with Gasteiger partial charge < -0.3 is 20.3 Å². The molecule has 2 N–H and O–H groups in total. The molecule has 0 aliphatic rings. The quantitative estimate of drug-likeness (QED) is 0.500. The number of benzene rings is 3. The maximum absolute atomic E-state index is 13.5. The van der Waals surface area contributed by atoms with E-state index in [1.54, 1.807) is 27.8 Å². The van der Waals surface area contributed by atoms with Crippen LogP contribution in [0.5, 0.6) is 0 Å². The first kappa shape index (κ1) is 25.7. The third-order valence-electron chi connectivity index (χ3n) is 5.53. The largest absolute Gasteiger partial charge is 0.444 e. The van der Waals surface area contributed by atoms with E-state index in [9.17, 15) is 14.4 Å². The van der Waals surface area contributed by atoms with Crippen LogP contribution < -0.4 is 10.6 Å². The summed E-state index contributed by atoms with van der Waals surface area (Å²) in [6.07, 6.45) is 0.173. The molecule has 184 valence electrons. The van der Waals surface area contributed by atoms with Crippen LogP contribution in [0.25, 0.3) is 10.8 Å². The summed E-state index contributed by atoms with van der Waals surface area (Å²) < 4.78 is 5.20. The minimum Gasteiger partial charge on any atom is -0.444 e. The normalized spacial score (nSPS) is 12.0. The molecule has 1 unspecified atom stereocenters. The maximum atomic E-state index is 13.5. The maximum Gasteiger partial charge on any atom is 0.408 e. The molecule has 0 bridgehead atoms. The van der Waals surface area contributed by atoms with Crippen LogP contribution in [0.4, 0.5) is 10.5 Å². The summed E-state index contributed by atoms with van der Waals surface area (Å²) in [6, 6.07) is 20.3. The van der Waals surface area contributed by atoms with E-state index in [2.05, 4.69) is 17.6 Å². The molecule has 35 heavy (non-hydrogen) atoms. The third-order valence-corrected chi connectivity index (χ3v) is 5.53. The van der Waals surface area contributed by atoms with Crippen LogP contribution in [0.2, 0.25) is 0 Å². The van der Waals surface area contributed by atoms with Crippen LogP contribution in [0.15, 0.2) is 66.7 Å². The van der Waals surface area contributed by atoms with Gasteiger partial charge in [-0.05, 0) is 61.2 Å². The molecular weight excluding hydrogens is 442 g/mol. The minimum atomic E-state index is -0.889. The molecule has 0 heterocycles. The van der Waals surface area contributed by atoms with Gasteiger partial charge in [0.1, 0.15) is 18.2 Å². The van der Waals surface area contributed by atoms with Crippen molar-refractivity contribution in [2.24, 2.45) is 0 Å². The number of alkyl carbamates (subject to hydrolysis) is 1. The van der Waals surface area contributed by atoms with E-state index in [1.165, 1.54) is 4.90 Å². The van der Waals surface area contributed by atoms with Gasteiger partial charge in [-0.1, -0.05) is 61.5 Å². The molecule has 3 amide bonds. The Morgan fingerprint density at radius 1 is 0.943 bits per heavy atom. The van der Waals surface area contributed by atoms with Crippen LogP contribution in [-0.4, -0.2) is 42.0 Å². The molecule has 0 aromatic heterocycles. The van der Waals surface area contributed by atoms with Crippen LogP contribution in [0.3, 0.4) is 0 Å². The van der Waals surface area contributed by atoms with Gasteiger partial charge in [0.15, 0.2) is 0 Å². The first-order valence-corrected chi connectivity index (χ1v) is 11.7. The number of ether oxygens (including phenoxy) is 1. The Balaban J connectivity index is 1.81. The molecule has 0 saturated carbocycles. The number of hydrogen-bond donors (Lipinski definition) is 2. The summed E-state index contributed by atoms with van der Waals surface area (Å²) in [5, 5.41) is 7.48. The molecule has 0 spiro atoms. The van der Waals surface area contributed by atoms with Crippen LogP contribution in [-0.2, 0) is 20.7 Å². The van der Waals surface area contributed by atoms with E-state index in [1.807, 2.05) is 66.7 Å². The molecule has 3 rings (SSSR count). The molecule has 0 fully saturated rings. The van der Waals surface area contributed by atoms with Gasteiger partial charge in [0.25, 0.3) is 5.91 Å². The number of carbonyl (C=O) groups excluding carboxylic acids is 3. The second-order valence-electron chi connectivity index (χ2n) is 9.41. The zero-order chi connectivity index (χ0) is 25.6. The number of anilines is 1. The number of nitrogens with one attached hydrogen (secondary N) is 2. The van der Waals surface area contributed by atoms with Crippen LogP contribution in [0, 0.1) is 0 Å². The SMILES string of the molecule is CCc1ccc(C(C(=O)Nc2ccc3ccccc3c2)N(C)C(=O)CNC(=O)OC(C)(C)C)cc1. The summed E-state index contributed by atoms with van der Waals surface area (Å²) in [7, 11) is 1.55. The lowest BCUT2D eigenvalue weighted by molar-refractivity contribution is -0.136. The van der Waals surface area contributed by atoms with Gasteiger partial charge in [-0.3, -0.25) is 9.59 Å². The van der Waals surface area contributed by atoms with Crippen molar-refractivity contribution in [3.63, 3.8) is 0 Å². The summed E-state index contributed by atoms with van der Waals surface area (Å²) >= 11 is 0. The predicted octanol–water partition coefficient (Wildman–Crippen LogP) is 5.07. The van der Waals surface area contributed by atoms with Gasteiger partial charge >= 0.3 is 6.09 Å². The zero-order valence-electron chi connectivity index (χ0n) is 20.9. The first-order chi connectivity index (χ1) is 16.6. The summed E-state index contributed by atoms with van der Waals surface area (Å²) in [5.74, 6) is -0.772. The number of likely N-dealkylation sites (N-methyl/N-ethyl adjacent to an activating group) is 1. The monoisotopic (exact) mass is 475 g/mol. The van der Waals surface area contributed by atoms with Gasteiger partial charge in [0.2, 0.25) is 5.91 Å². The lowest BCUT2D eigenvalue weighted by Crippen LogP contribution is -2.44. The fourth-order valence-electron chi connectivity index (χ4n) is 3.69. The van der Waals surface area contributed by atoms with E-state index in [-0.39, 0.29) is 12.5 Å². The van der Waals surface area contributed by atoms with E-state index in [0.717, 1.165) is 22.8 Å². The number of aryl methyl sites for hydroxylation is 1. The van der Waals surface area contributed by atoms with Crippen molar-refractivity contribution < 1.29 is 19.1 Å². The van der Waals surface area contributed by atoms with Gasteiger partial charge in [0.05, 0.1) is 0 Å². The van der Waals surface area contributed by atoms with Crippen LogP contribution in [0.1, 0.15) is 44.9 Å². The van der Waals surface area contributed by atoms with Gasteiger partial charge in [-0.2, -0.15) is 0 Å². The molecule has 0 aliphatic carbocycles. The third kappa shape index (κ3) is 7.06. The highest BCUT2D eigenvalue weighted by atomic mass is 16.6. The topological polar surface area (TPSA) is 87.7 Å². The number of rotatable bonds is 7. The molecule has 3 aromatic rings. The second kappa shape index (κ2) is 11.0. The van der Waals surface area contributed by atoms with Crippen molar-refractivity contribution in [3.8, 4) is 0 Å². The molecule has 3 aromatic carbocycles. The lowest BCUT2D eigenvalue weighted by atomic mass is 10.0. The number of hydrogen-bond acceptors (Lipinski definition) is 4. The van der Waals surface area contributed by atoms with Crippen molar-refractivity contribution >= 4 is 34.4 Å². The zero-order valence-corrected chi connectivity index (χ0v) is 20.9. The number of carbonyl (C=O) groups is 3. The highest BCUT2D eigenvalue weighted by Gasteiger charge is 2.29. The summed E-state index contributed by atoms with van der Waals surface area (Å²) in [4.78, 5) is 39.8. The molecule has 0 aliphatic heterocycles. The Hall–Kier alpha value is -3.87. The van der Waals surface area contributed by atoms with Gasteiger partial charge in [0, 0.05) is 12.7 Å². The minimum absolute atomic E-state index is 0.293. The molecule has 7 nitrogen and oxygen atoms in total. The van der Waals surface area contributed by atoms with Crippen molar-refractivity contribution in [3.05, 3.63) is 77.9 Å². The average Bonchev–Trinajstić information content (AvgIpc) is 2.82. The van der Waals surface area contributed by atoms with Crippen LogP contribution >= 0.6 is 0 Å². The predicted molar refractivity (Wildman–Crippen MR) is 138 cm³/mol. The summed E-state index contributed by atoms with van der Waals surface area (Å²) in [6.45, 7) is 6.99. The Morgan fingerprint density at radius 2 is 1.60 bits per heavy atom. The second-order valence-corrected chi connectivity index (χ2v) is 9.41. The van der Waals surface area contributed by atoms with Crippen molar-refractivity contribution in [1.82, 2.24) is 10.2 Å². The molecule has 0 saturated heterocycles. The molecule has 1 atom stereocenters. The molecule has 0 radical (unpaired) electrons.